The van der Waals surface area contributed by atoms with Gasteiger partial charge in [0.1, 0.15) is 0 Å². The molecule has 1 amide bonds. The molecule has 0 radical (unpaired) electrons. The zero-order chi connectivity index (χ0) is 13.9. The van der Waals surface area contributed by atoms with Crippen LogP contribution in [0.5, 0.6) is 0 Å². The van der Waals surface area contributed by atoms with Crippen LogP contribution in [0.15, 0.2) is 33.9 Å². The van der Waals surface area contributed by atoms with Crippen LogP contribution in [0.3, 0.4) is 0 Å². The van der Waals surface area contributed by atoms with Crippen molar-refractivity contribution >= 4 is 34.0 Å². The van der Waals surface area contributed by atoms with Gasteiger partial charge in [0, 0.05) is 17.5 Å². The maximum absolute atomic E-state index is 11.8. The molecule has 20 heavy (non-hydrogen) atoms. The van der Waals surface area contributed by atoms with Gasteiger partial charge in [-0.1, -0.05) is 0 Å². The minimum atomic E-state index is -0.257. The van der Waals surface area contributed by atoms with Gasteiger partial charge < -0.3 is 15.3 Å². The lowest BCUT2D eigenvalue weighted by Gasteiger charge is -2.04. The van der Waals surface area contributed by atoms with E-state index in [4.69, 9.17) is 0 Å². The molecule has 0 saturated carbocycles. The van der Waals surface area contributed by atoms with Crippen LogP contribution in [0.1, 0.15) is 12.1 Å². The minimum Gasteiger partial charge on any atom is -0.326 e. The smallest absolute Gasteiger partial charge is 0.323 e. The van der Waals surface area contributed by atoms with Gasteiger partial charge in [-0.05, 0) is 24.6 Å². The molecule has 0 aliphatic heterocycles. The summed E-state index contributed by atoms with van der Waals surface area (Å²) >= 11 is 1.52. The lowest BCUT2D eigenvalue weighted by Crippen LogP contribution is -2.12. The number of nitrogens with one attached hydrogen (secondary N) is 3. The first-order chi connectivity index (χ1) is 9.70. The van der Waals surface area contributed by atoms with Gasteiger partial charge in [-0.3, -0.25) is 4.79 Å². The number of fused-ring (bicyclic) bond motifs is 1. The Hall–Kier alpha value is -2.41. The number of benzene rings is 1. The Balaban J connectivity index is 1.66. The van der Waals surface area contributed by atoms with Crippen molar-refractivity contribution in [3.8, 4) is 0 Å². The lowest BCUT2D eigenvalue weighted by molar-refractivity contribution is -0.116. The third-order valence-corrected chi connectivity index (χ3v) is 3.53. The molecule has 2 aromatic heterocycles. The Labute approximate surface area is 117 Å². The van der Waals surface area contributed by atoms with Crippen LogP contribution < -0.4 is 11.0 Å². The van der Waals surface area contributed by atoms with Crippen LogP contribution in [-0.4, -0.2) is 20.9 Å². The number of H-pyrrole nitrogens is 2. The van der Waals surface area contributed by atoms with E-state index < -0.39 is 0 Å². The fourth-order valence-electron chi connectivity index (χ4n) is 1.94. The molecule has 3 rings (SSSR count). The first kappa shape index (κ1) is 12.6. The number of hydrogen-bond acceptors (Lipinski definition) is 4. The summed E-state index contributed by atoms with van der Waals surface area (Å²) in [5.74, 6) is -0.0739. The van der Waals surface area contributed by atoms with E-state index in [0.717, 1.165) is 11.2 Å². The summed E-state index contributed by atoms with van der Waals surface area (Å²) < 4.78 is 0. The van der Waals surface area contributed by atoms with Crippen molar-refractivity contribution in [1.82, 2.24) is 15.0 Å². The van der Waals surface area contributed by atoms with E-state index in [-0.39, 0.29) is 11.6 Å². The van der Waals surface area contributed by atoms with Crippen LogP contribution in [0.2, 0.25) is 0 Å². The Morgan fingerprint density at radius 3 is 2.95 bits per heavy atom. The Morgan fingerprint density at radius 2 is 2.15 bits per heavy atom. The number of aromatic nitrogens is 3. The molecule has 6 nitrogen and oxygen atoms in total. The summed E-state index contributed by atoms with van der Waals surface area (Å²) in [6.07, 6.45) is 1.00. The molecule has 102 valence electrons. The number of rotatable bonds is 4. The minimum absolute atomic E-state index is 0.0739. The average molecular weight is 288 g/mol. The predicted octanol–water partition coefficient (Wildman–Crippen LogP) is 1.88. The quantitative estimate of drug-likeness (QED) is 0.684. The second-order valence-corrected chi connectivity index (χ2v) is 5.09. The molecular formula is C13H12N4O2S. The Bertz CT molecular complexity index is 788. The second-order valence-electron chi connectivity index (χ2n) is 4.37. The SMILES string of the molecule is O=C(CCc1cscn1)Nc1ccc2[nH]c(=O)[nH]c2c1. The van der Waals surface area contributed by atoms with Gasteiger partial charge in [-0.25, -0.2) is 9.78 Å². The first-order valence-corrected chi connectivity index (χ1v) is 7.04. The largest absolute Gasteiger partial charge is 0.326 e. The molecule has 7 heteroatoms. The number of aromatic amines is 2. The molecule has 2 heterocycles. The summed E-state index contributed by atoms with van der Waals surface area (Å²) in [5, 5.41) is 4.74. The maximum atomic E-state index is 11.8. The number of hydrogen-bond donors (Lipinski definition) is 3. The van der Waals surface area contributed by atoms with Gasteiger partial charge in [0.05, 0.1) is 22.2 Å². The maximum Gasteiger partial charge on any atom is 0.323 e. The van der Waals surface area contributed by atoms with E-state index in [2.05, 4.69) is 20.3 Å². The monoisotopic (exact) mass is 288 g/mol. The highest BCUT2D eigenvalue weighted by Gasteiger charge is 2.06. The zero-order valence-electron chi connectivity index (χ0n) is 10.5. The van der Waals surface area contributed by atoms with Gasteiger partial charge >= 0.3 is 5.69 Å². The number of carbonyl (C=O) groups excluding carboxylic acids is 1. The Kier molecular flexibility index (Phi) is 3.34. The van der Waals surface area contributed by atoms with E-state index in [0.29, 0.717) is 24.0 Å². The molecule has 1 aromatic carbocycles. The van der Waals surface area contributed by atoms with Gasteiger partial charge in [0.15, 0.2) is 0 Å². The number of amides is 1. The molecule has 0 aliphatic carbocycles. The Morgan fingerprint density at radius 1 is 1.30 bits per heavy atom. The van der Waals surface area contributed by atoms with Gasteiger partial charge in [-0.2, -0.15) is 0 Å². The van der Waals surface area contributed by atoms with E-state index in [1.807, 2.05) is 5.38 Å². The van der Waals surface area contributed by atoms with E-state index >= 15 is 0 Å². The third kappa shape index (κ3) is 2.77. The van der Waals surface area contributed by atoms with E-state index in [1.165, 1.54) is 11.3 Å². The fraction of sp³-hybridized carbons (Fsp3) is 0.154. The number of anilines is 1. The fourth-order valence-corrected chi connectivity index (χ4v) is 2.53. The standard InChI is InChI=1S/C13H12N4O2S/c18-12(4-2-9-6-20-7-14-9)15-8-1-3-10-11(5-8)17-13(19)16-10/h1,3,5-7H,2,4H2,(H,15,18)(H2,16,17,19). The molecule has 0 unspecified atom stereocenters. The molecule has 0 bridgehead atoms. The van der Waals surface area contributed by atoms with Crippen LogP contribution in [0.25, 0.3) is 11.0 Å². The first-order valence-electron chi connectivity index (χ1n) is 6.10. The summed E-state index contributed by atoms with van der Waals surface area (Å²) in [5.41, 5.74) is 4.48. The number of nitrogens with zero attached hydrogens (tertiary/aromatic N) is 1. The highest BCUT2D eigenvalue weighted by Crippen LogP contribution is 2.15. The topological polar surface area (TPSA) is 90.6 Å². The van der Waals surface area contributed by atoms with Crippen LogP contribution in [0.4, 0.5) is 5.69 Å². The predicted molar refractivity (Wildman–Crippen MR) is 78.0 cm³/mol. The molecule has 0 aliphatic rings. The van der Waals surface area contributed by atoms with Crippen LogP contribution in [-0.2, 0) is 11.2 Å². The number of carbonyl (C=O) groups is 1. The zero-order valence-corrected chi connectivity index (χ0v) is 11.3. The normalized spacial score (nSPS) is 10.8. The lowest BCUT2D eigenvalue weighted by atomic mass is 10.2. The van der Waals surface area contributed by atoms with Crippen LogP contribution in [0, 0.1) is 0 Å². The molecule has 0 saturated heterocycles. The highest BCUT2D eigenvalue weighted by molar-refractivity contribution is 7.07. The number of aryl methyl sites for hydroxylation is 1. The van der Waals surface area contributed by atoms with E-state index in [1.54, 1.807) is 23.7 Å². The van der Waals surface area contributed by atoms with Gasteiger partial charge in [0.25, 0.3) is 0 Å². The average Bonchev–Trinajstić information content (AvgIpc) is 3.04. The van der Waals surface area contributed by atoms with Crippen LogP contribution >= 0.6 is 11.3 Å². The highest BCUT2D eigenvalue weighted by atomic mass is 32.1. The molecule has 0 fully saturated rings. The molecular weight excluding hydrogens is 276 g/mol. The molecule has 0 spiro atoms. The van der Waals surface area contributed by atoms with Gasteiger partial charge in [0.2, 0.25) is 5.91 Å². The van der Waals surface area contributed by atoms with Crippen molar-refractivity contribution in [2.45, 2.75) is 12.8 Å². The summed E-state index contributed by atoms with van der Waals surface area (Å²) in [6.45, 7) is 0. The van der Waals surface area contributed by atoms with E-state index in [9.17, 15) is 9.59 Å². The van der Waals surface area contributed by atoms with Crippen molar-refractivity contribution < 1.29 is 4.79 Å². The summed E-state index contributed by atoms with van der Waals surface area (Å²) in [4.78, 5) is 32.4. The van der Waals surface area contributed by atoms with Gasteiger partial charge in [-0.15, -0.1) is 11.3 Å². The number of imidazole rings is 1. The van der Waals surface area contributed by atoms with Crippen molar-refractivity contribution in [3.63, 3.8) is 0 Å². The van der Waals surface area contributed by atoms with Crippen molar-refractivity contribution in [3.05, 3.63) is 45.3 Å². The van der Waals surface area contributed by atoms with Crippen molar-refractivity contribution in [2.24, 2.45) is 0 Å². The number of thiazole rings is 1. The van der Waals surface area contributed by atoms with Crippen molar-refractivity contribution in [1.29, 1.82) is 0 Å². The second kappa shape index (κ2) is 5.30. The molecule has 3 aromatic rings. The molecule has 3 N–H and O–H groups in total. The summed E-state index contributed by atoms with van der Waals surface area (Å²) in [6, 6.07) is 5.24. The molecule has 0 atom stereocenters. The third-order valence-electron chi connectivity index (χ3n) is 2.89. The summed E-state index contributed by atoms with van der Waals surface area (Å²) in [7, 11) is 0. The van der Waals surface area contributed by atoms with Crippen molar-refractivity contribution in [2.75, 3.05) is 5.32 Å².